The summed E-state index contributed by atoms with van der Waals surface area (Å²) in [7, 11) is 1.73. The predicted molar refractivity (Wildman–Crippen MR) is 54.5 cm³/mol. The molecule has 2 rings (SSSR count). The predicted octanol–water partition coefficient (Wildman–Crippen LogP) is 2.36. The fourth-order valence-corrected chi connectivity index (χ4v) is 1.88. The fraction of sp³-hybridized carbons (Fsp3) is 0.455. The molecule has 0 saturated carbocycles. The number of aryl methyl sites for hydroxylation is 2. The van der Waals surface area contributed by atoms with Crippen LogP contribution in [0.25, 0.3) is 0 Å². The number of fused-ring (bicyclic) bond motifs is 1. The topological polar surface area (TPSA) is 21.3 Å². The highest BCUT2D eigenvalue weighted by Gasteiger charge is 2.13. The summed E-state index contributed by atoms with van der Waals surface area (Å²) in [4.78, 5) is 0. The summed E-state index contributed by atoms with van der Waals surface area (Å²) in [5.41, 5.74) is 3.86. The molecule has 0 fully saturated rings. The van der Waals surface area contributed by atoms with E-state index in [1.165, 1.54) is 29.7 Å². The van der Waals surface area contributed by atoms with Crippen molar-refractivity contribution < 1.29 is 4.74 Å². The summed E-state index contributed by atoms with van der Waals surface area (Å²) < 4.78 is 5.33. The summed E-state index contributed by atoms with van der Waals surface area (Å²) in [5.74, 6) is 0.981. The molecule has 0 aromatic heterocycles. The van der Waals surface area contributed by atoms with Crippen molar-refractivity contribution >= 4 is 5.69 Å². The van der Waals surface area contributed by atoms with Crippen LogP contribution in [-0.4, -0.2) is 13.7 Å². The van der Waals surface area contributed by atoms with Gasteiger partial charge in [-0.05, 0) is 37.0 Å². The van der Waals surface area contributed by atoms with Crippen molar-refractivity contribution in [3.8, 4) is 5.75 Å². The Hall–Kier alpha value is -1.18. The number of benzene rings is 1. The second kappa shape index (κ2) is 3.29. The molecule has 13 heavy (non-hydrogen) atoms. The Morgan fingerprint density at radius 3 is 3.00 bits per heavy atom. The Balaban J connectivity index is 2.50. The number of rotatable bonds is 1. The molecular weight excluding hydrogens is 162 g/mol. The number of ether oxygens (including phenoxy) is 1. The molecule has 70 valence electrons. The van der Waals surface area contributed by atoms with E-state index in [0.29, 0.717) is 0 Å². The van der Waals surface area contributed by atoms with Crippen LogP contribution in [0.5, 0.6) is 5.75 Å². The van der Waals surface area contributed by atoms with Gasteiger partial charge in [0.1, 0.15) is 5.75 Å². The first-order valence-corrected chi connectivity index (χ1v) is 4.72. The Kier molecular flexibility index (Phi) is 2.13. The van der Waals surface area contributed by atoms with Gasteiger partial charge in [-0.1, -0.05) is 6.07 Å². The first-order chi connectivity index (χ1) is 6.31. The molecule has 1 N–H and O–H groups in total. The minimum absolute atomic E-state index is 0.981. The highest BCUT2D eigenvalue weighted by Crippen LogP contribution is 2.33. The SMILES string of the molecule is COc1cc(C)cc2c1NCCC2. The van der Waals surface area contributed by atoms with E-state index in [0.717, 1.165) is 12.3 Å². The van der Waals surface area contributed by atoms with Crippen LogP contribution in [0.4, 0.5) is 5.69 Å². The molecule has 1 aromatic rings. The molecule has 1 aliphatic heterocycles. The maximum atomic E-state index is 5.33. The Labute approximate surface area is 78.9 Å². The number of methoxy groups -OCH3 is 1. The quantitative estimate of drug-likeness (QED) is 0.711. The number of nitrogens with one attached hydrogen (secondary N) is 1. The normalized spacial score (nSPS) is 14.6. The smallest absolute Gasteiger partial charge is 0.142 e. The molecule has 2 heteroatoms. The molecule has 0 amide bonds. The number of anilines is 1. The van der Waals surface area contributed by atoms with Crippen molar-refractivity contribution in [3.05, 3.63) is 23.3 Å². The van der Waals surface area contributed by atoms with E-state index in [-0.39, 0.29) is 0 Å². The molecule has 0 radical (unpaired) electrons. The van der Waals surface area contributed by atoms with Gasteiger partial charge in [0.05, 0.1) is 12.8 Å². The summed E-state index contributed by atoms with van der Waals surface area (Å²) in [5, 5.41) is 3.38. The zero-order valence-corrected chi connectivity index (χ0v) is 8.18. The molecule has 1 heterocycles. The first kappa shape index (κ1) is 8.42. The van der Waals surface area contributed by atoms with Crippen LogP contribution in [0.1, 0.15) is 17.5 Å². The van der Waals surface area contributed by atoms with Crippen LogP contribution in [0, 0.1) is 6.92 Å². The van der Waals surface area contributed by atoms with Crippen molar-refractivity contribution in [3.63, 3.8) is 0 Å². The van der Waals surface area contributed by atoms with Gasteiger partial charge in [0.15, 0.2) is 0 Å². The molecule has 0 aliphatic carbocycles. The monoisotopic (exact) mass is 177 g/mol. The van der Waals surface area contributed by atoms with E-state index in [2.05, 4.69) is 24.4 Å². The Morgan fingerprint density at radius 2 is 2.23 bits per heavy atom. The molecule has 1 aromatic carbocycles. The minimum atomic E-state index is 0.981. The zero-order chi connectivity index (χ0) is 9.26. The maximum Gasteiger partial charge on any atom is 0.142 e. The van der Waals surface area contributed by atoms with Crippen LogP contribution in [0.15, 0.2) is 12.1 Å². The summed E-state index contributed by atoms with van der Waals surface area (Å²) in [6.45, 7) is 3.17. The summed E-state index contributed by atoms with van der Waals surface area (Å²) in [6, 6.07) is 4.32. The third kappa shape index (κ3) is 1.48. The third-order valence-electron chi connectivity index (χ3n) is 2.47. The highest BCUT2D eigenvalue weighted by molar-refractivity contribution is 5.64. The zero-order valence-electron chi connectivity index (χ0n) is 8.18. The Morgan fingerprint density at radius 1 is 1.38 bits per heavy atom. The second-order valence-electron chi connectivity index (χ2n) is 3.53. The van der Waals surface area contributed by atoms with Crippen LogP contribution in [0.3, 0.4) is 0 Å². The van der Waals surface area contributed by atoms with Crippen molar-refractivity contribution in [2.75, 3.05) is 19.0 Å². The van der Waals surface area contributed by atoms with Gasteiger partial charge in [-0.2, -0.15) is 0 Å². The Bertz CT molecular complexity index is 303. The lowest BCUT2D eigenvalue weighted by atomic mass is 10.0. The van der Waals surface area contributed by atoms with Gasteiger partial charge in [0.2, 0.25) is 0 Å². The lowest BCUT2D eigenvalue weighted by molar-refractivity contribution is 0.415. The van der Waals surface area contributed by atoms with Gasteiger partial charge in [-0.15, -0.1) is 0 Å². The van der Waals surface area contributed by atoms with Crippen LogP contribution < -0.4 is 10.1 Å². The van der Waals surface area contributed by atoms with Crippen molar-refractivity contribution in [2.24, 2.45) is 0 Å². The number of hydrogen-bond acceptors (Lipinski definition) is 2. The molecule has 0 bridgehead atoms. The van der Waals surface area contributed by atoms with Crippen molar-refractivity contribution in [1.82, 2.24) is 0 Å². The van der Waals surface area contributed by atoms with Crippen LogP contribution in [0.2, 0.25) is 0 Å². The van der Waals surface area contributed by atoms with Crippen LogP contribution >= 0.6 is 0 Å². The molecule has 1 aliphatic rings. The van der Waals surface area contributed by atoms with E-state index < -0.39 is 0 Å². The third-order valence-corrected chi connectivity index (χ3v) is 2.47. The van der Waals surface area contributed by atoms with Gasteiger partial charge in [-0.25, -0.2) is 0 Å². The summed E-state index contributed by atoms with van der Waals surface area (Å²) >= 11 is 0. The van der Waals surface area contributed by atoms with E-state index in [4.69, 9.17) is 4.74 Å². The molecule has 0 unspecified atom stereocenters. The second-order valence-corrected chi connectivity index (χ2v) is 3.53. The van der Waals surface area contributed by atoms with Gasteiger partial charge in [0, 0.05) is 6.54 Å². The van der Waals surface area contributed by atoms with Gasteiger partial charge >= 0.3 is 0 Å². The van der Waals surface area contributed by atoms with Gasteiger partial charge < -0.3 is 10.1 Å². The summed E-state index contributed by atoms with van der Waals surface area (Å²) in [6.07, 6.45) is 2.39. The van der Waals surface area contributed by atoms with E-state index in [9.17, 15) is 0 Å². The largest absolute Gasteiger partial charge is 0.495 e. The molecule has 0 spiro atoms. The highest BCUT2D eigenvalue weighted by atomic mass is 16.5. The standard InChI is InChI=1S/C11H15NO/c1-8-6-9-4-3-5-12-11(9)10(7-8)13-2/h6-7,12H,3-5H2,1-2H3. The first-order valence-electron chi connectivity index (χ1n) is 4.72. The van der Waals surface area contributed by atoms with Crippen molar-refractivity contribution in [1.29, 1.82) is 0 Å². The minimum Gasteiger partial charge on any atom is -0.495 e. The average Bonchev–Trinajstić information content (AvgIpc) is 2.16. The molecule has 2 nitrogen and oxygen atoms in total. The van der Waals surface area contributed by atoms with E-state index in [1.54, 1.807) is 7.11 Å². The lowest BCUT2D eigenvalue weighted by Crippen LogP contribution is -2.12. The number of hydrogen-bond donors (Lipinski definition) is 1. The fourth-order valence-electron chi connectivity index (χ4n) is 1.88. The van der Waals surface area contributed by atoms with Crippen molar-refractivity contribution in [2.45, 2.75) is 19.8 Å². The maximum absolute atomic E-state index is 5.33. The van der Waals surface area contributed by atoms with Crippen LogP contribution in [-0.2, 0) is 6.42 Å². The molecule has 0 atom stereocenters. The average molecular weight is 177 g/mol. The van der Waals surface area contributed by atoms with E-state index >= 15 is 0 Å². The van der Waals surface area contributed by atoms with Gasteiger partial charge in [-0.3, -0.25) is 0 Å². The van der Waals surface area contributed by atoms with E-state index in [1.807, 2.05) is 0 Å². The van der Waals surface area contributed by atoms with Gasteiger partial charge in [0.25, 0.3) is 0 Å². The molecular formula is C11H15NO. The molecule has 0 saturated heterocycles. The lowest BCUT2D eigenvalue weighted by Gasteiger charge is -2.21.